The van der Waals surface area contributed by atoms with Gasteiger partial charge in [-0.15, -0.1) is 0 Å². The van der Waals surface area contributed by atoms with E-state index in [-0.39, 0.29) is 0 Å². The molecule has 7 aromatic carbocycles. The number of benzene rings is 7. The van der Waals surface area contributed by atoms with E-state index in [0.29, 0.717) is 0 Å². The van der Waals surface area contributed by atoms with E-state index in [1.807, 2.05) is 0 Å². The van der Waals surface area contributed by atoms with Gasteiger partial charge in [0.05, 0.1) is 44.5 Å². The average Bonchev–Trinajstić information content (AvgIpc) is 3.93. The van der Waals surface area contributed by atoms with E-state index >= 15 is 0 Å². The molecule has 0 bridgehead atoms. The third-order valence-corrected chi connectivity index (χ3v) is 12.2. The van der Waals surface area contributed by atoms with Crippen molar-refractivity contribution >= 4 is 82.6 Å². The van der Waals surface area contributed by atoms with Crippen molar-refractivity contribution in [3.05, 3.63) is 205 Å². The normalized spacial score (nSPS) is 12.6. The Morgan fingerprint density at radius 3 is 1.08 bits per heavy atom. The first kappa shape index (κ1) is 32.2. The van der Waals surface area contributed by atoms with Gasteiger partial charge in [0.15, 0.2) is 0 Å². The van der Waals surface area contributed by atoms with Gasteiger partial charge in [0.1, 0.15) is 23.3 Å². The number of para-hydroxylation sites is 6. The van der Waals surface area contributed by atoms with Gasteiger partial charge in [0.25, 0.3) is 0 Å². The van der Waals surface area contributed by atoms with Gasteiger partial charge in [0, 0.05) is 38.7 Å². The molecule has 0 amide bonds. The third kappa shape index (κ3) is 4.62. The molecule has 0 aliphatic carbocycles. The number of anilines is 3. The molecule has 5 aromatic heterocycles. The summed E-state index contributed by atoms with van der Waals surface area (Å²) in [6.45, 7) is 0. The van der Waals surface area contributed by atoms with Crippen molar-refractivity contribution in [2.24, 2.45) is 0 Å². The third-order valence-electron chi connectivity index (χ3n) is 12.2. The van der Waals surface area contributed by atoms with Gasteiger partial charge in [-0.25, -0.2) is 9.97 Å². The fraction of sp³-hybridized carbons (Fsp3) is 0.0189. The van der Waals surface area contributed by atoms with Crippen LogP contribution in [0, 0.1) is 0 Å². The molecule has 0 saturated heterocycles. The maximum absolute atomic E-state index is 5.48. The number of pyridine rings is 2. The lowest BCUT2D eigenvalue weighted by molar-refractivity contribution is 1.01. The van der Waals surface area contributed by atoms with Crippen LogP contribution in [0.1, 0.15) is 11.1 Å². The second kappa shape index (κ2) is 12.3. The van der Waals surface area contributed by atoms with Crippen LogP contribution in [0.2, 0.25) is 0 Å². The van der Waals surface area contributed by atoms with Crippen LogP contribution >= 0.6 is 0 Å². The Labute approximate surface area is 339 Å². The van der Waals surface area contributed by atoms with Gasteiger partial charge < -0.3 is 0 Å². The van der Waals surface area contributed by atoms with E-state index in [1.165, 1.54) is 44.0 Å². The van der Waals surface area contributed by atoms with E-state index in [1.54, 1.807) is 0 Å². The number of fused-ring (bicyclic) bond motifs is 11. The topological polar surface area (TPSA) is 43.8 Å². The zero-order valence-electron chi connectivity index (χ0n) is 31.9. The van der Waals surface area contributed by atoms with Gasteiger partial charge in [-0.1, -0.05) is 121 Å². The molecular weight excluding hydrogens is 721 g/mol. The van der Waals surface area contributed by atoms with Crippen LogP contribution < -0.4 is 4.90 Å². The van der Waals surface area contributed by atoms with Crippen LogP contribution in [-0.2, 0) is 6.42 Å². The fourth-order valence-electron chi connectivity index (χ4n) is 9.75. The first-order chi connectivity index (χ1) is 29.3. The Balaban J connectivity index is 1.03. The van der Waals surface area contributed by atoms with Gasteiger partial charge in [-0.3, -0.25) is 18.6 Å². The Bertz CT molecular complexity index is 3580. The Hall–Kier alpha value is -7.96. The number of rotatable bonds is 4. The predicted octanol–water partition coefficient (Wildman–Crippen LogP) is 13.1. The summed E-state index contributed by atoms with van der Waals surface area (Å²) in [6, 6.07) is 69.5. The quantitative estimate of drug-likeness (QED) is 0.180. The van der Waals surface area contributed by atoms with Crippen molar-refractivity contribution < 1.29 is 0 Å². The van der Waals surface area contributed by atoms with Crippen molar-refractivity contribution in [3.63, 3.8) is 0 Å². The zero-order valence-corrected chi connectivity index (χ0v) is 31.9. The smallest absolute Gasteiger partial charge is 0.140 e. The minimum absolute atomic E-state index is 0.870. The van der Waals surface area contributed by atoms with Gasteiger partial charge >= 0.3 is 0 Å². The zero-order chi connectivity index (χ0) is 38.6. The SMILES string of the molecule is c1cc(N2c3ccccc3Cc3ccccc32)nc(-n2c3ccccc3c3cc4c(cc32)c2ccccc2n4-c2cccc(-n3c4ccccc4c4ccccc43)n2)c1. The second-order valence-electron chi connectivity index (χ2n) is 15.4. The van der Waals surface area contributed by atoms with Crippen molar-refractivity contribution in [1.29, 1.82) is 0 Å². The predicted molar refractivity (Wildman–Crippen MR) is 243 cm³/mol. The molecule has 6 heterocycles. The lowest BCUT2D eigenvalue weighted by atomic mass is 9.95. The van der Waals surface area contributed by atoms with Crippen LogP contribution in [0.25, 0.3) is 82.9 Å². The minimum Gasteiger partial charge on any atom is -0.294 e. The molecule has 0 fully saturated rings. The monoisotopic (exact) mass is 754 g/mol. The average molecular weight is 755 g/mol. The lowest BCUT2D eigenvalue weighted by Crippen LogP contribution is -2.19. The number of hydrogen-bond acceptors (Lipinski definition) is 3. The van der Waals surface area contributed by atoms with E-state index in [0.717, 1.165) is 73.6 Å². The van der Waals surface area contributed by atoms with Crippen LogP contribution in [0.5, 0.6) is 0 Å². The highest BCUT2D eigenvalue weighted by Crippen LogP contribution is 2.44. The summed E-state index contributed by atoms with van der Waals surface area (Å²) in [6.07, 6.45) is 0.902. The molecular formula is C53H34N6. The first-order valence-electron chi connectivity index (χ1n) is 20.1. The Morgan fingerprint density at radius 2 is 0.627 bits per heavy atom. The van der Waals surface area contributed by atoms with Crippen LogP contribution in [0.15, 0.2) is 194 Å². The number of aromatic nitrogens is 5. The van der Waals surface area contributed by atoms with Crippen LogP contribution in [0.4, 0.5) is 17.2 Å². The molecule has 0 radical (unpaired) electrons. The summed E-state index contributed by atoms with van der Waals surface area (Å²) in [7, 11) is 0. The Morgan fingerprint density at radius 1 is 0.288 bits per heavy atom. The molecule has 0 unspecified atom stereocenters. The number of hydrogen-bond donors (Lipinski definition) is 0. The Kier molecular flexibility index (Phi) is 6.69. The van der Waals surface area contributed by atoms with Crippen molar-refractivity contribution in [1.82, 2.24) is 23.7 Å². The first-order valence-corrected chi connectivity index (χ1v) is 20.1. The van der Waals surface area contributed by atoms with E-state index < -0.39 is 0 Å². The molecule has 12 aromatic rings. The van der Waals surface area contributed by atoms with E-state index in [9.17, 15) is 0 Å². The molecule has 0 saturated carbocycles. The van der Waals surface area contributed by atoms with Gasteiger partial charge in [-0.05, 0) is 83.9 Å². The molecule has 6 nitrogen and oxygen atoms in total. The van der Waals surface area contributed by atoms with Crippen LogP contribution in [-0.4, -0.2) is 23.7 Å². The summed E-state index contributed by atoms with van der Waals surface area (Å²) in [4.78, 5) is 13.2. The van der Waals surface area contributed by atoms with Crippen LogP contribution in [0.3, 0.4) is 0 Å². The second-order valence-corrected chi connectivity index (χ2v) is 15.4. The maximum Gasteiger partial charge on any atom is 0.140 e. The maximum atomic E-state index is 5.48. The molecule has 0 atom stereocenters. The van der Waals surface area contributed by atoms with Crippen molar-refractivity contribution in [3.8, 4) is 17.5 Å². The molecule has 6 heteroatoms. The molecule has 276 valence electrons. The van der Waals surface area contributed by atoms with Crippen molar-refractivity contribution in [2.75, 3.05) is 4.90 Å². The standard InChI is InChI=1S/C53H34N6/c1-7-21-42-34(15-1)31-35-16-2-8-22-43(35)56(42)50-27-13-29-52(54-50)58-46-25-11-5-19-38(46)40-33-49-41(32-48(40)58)39-20-6-12-26-47(39)59(49)53-30-14-28-51(55-53)57-44-23-9-3-17-36(44)37-18-4-10-24-45(37)57/h1-30,32-33H,31H2. The summed E-state index contributed by atoms with van der Waals surface area (Å²) in [5.74, 6) is 3.52. The molecule has 1 aliphatic heterocycles. The molecule has 13 rings (SSSR count). The summed E-state index contributed by atoms with van der Waals surface area (Å²) < 4.78 is 6.95. The highest BCUT2D eigenvalue weighted by atomic mass is 15.2. The van der Waals surface area contributed by atoms with E-state index in [4.69, 9.17) is 9.97 Å². The fourth-order valence-corrected chi connectivity index (χ4v) is 9.75. The molecule has 1 aliphatic rings. The minimum atomic E-state index is 0.870. The summed E-state index contributed by atoms with van der Waals surface area (Å²) in [5.41, 5.74) is 11.7. The molecule has 59 heavy (non-hydrogen) atoms. The van der Waals surface area contributed by atoms with Crippen molar-refractivity contribution in [2.45, 2.75) is 6.42 Å². The molecule has 0 spiro atoms. The summed E-state index contributed by atoms with van der Waals surface area (Å²) >= 11 is 0. The number of nitrogens with zero attached hydrogens (tertiary/aromatic N) is 6. The largest absolute Gasteiger partial charge is 0.294 e. The summed E-state index contributed by atoms with van der Waals surface area (Å²) in [5, 5.41) is 7.11. The highest BCUT2D eigenvalue weighted by molar-refractivity contribution is 6.19. The lowest BCUT2D eigenvalue weighted by Gasteiger charge is -2.32. The molecule has 0 N–H and O–H groups in total. The van der Waals surface area contributed by atoms with E-state index in [2.05, 4.69) is 213 Å². The highest BCUT2D eigenvalue weighted by Gasteiger charge is 2.26. The van der Waals surface area contributed by atoms with Gasteiger partial charge in [0.2, 0.25) is 0 Å². The van der Waals surface area contributed by atoms with Gasteiger partial charge in [-0.2, -0.15) is 0 Å².